The minimum Gasteiger partial charge on any atom is -0.481 e. The normalized spacial score (nSPS) is 16.7. The highest BCUT2D eigenvalue weighted by Crippen LogP contribution is 2.36. The lowest BCUT2D eigenvalue weighted by molar-refractivity contribution is -0.139. The molecule has 0 bridgehead atoms. The number of hydrogen-bond acceptors (Lipinski definition) is 5. The molecule has 2 N–H and O–H groups in total. The molecule has 1 atom stereocenters. The van der Waals surface area contributed by atoms with Crippen molar-refractivity contribution >= 4 is 18.0 Å². The summed E-state index contributed by atoms with van der Waals surface area (Å²) >= 11 is 0. The number of amides is 2. The van der Waals surface area contributed by atoms with E-state index in [1.807, 2.05) is 0 Å². The number of ether oxygens (including phenoxy) is 2. The van der Waals surface area contributed by atoms with Gasteiger partial charge in [0.15, 0.2) is 0 Å². The number of para-hydroxylation sites is 1. The molecule has 0 saturated carbocycles. The number of carbonyl (C=O) groups excluding carboxylic acids is 2. The van der Waals surface area contributed by atoms with Crippen LogP contribution in [0.25, 0.3) is 0 Å². The highest BCUT2D eigenvalue weighted by Gasteiger charge is 2.37. The van der Waals surface area contributed by atoms with Gasteiger partial charge in [-0.15, -0.1) is 0 Å². The van der Waals surface area contributed by atoms with E-state index < -0.39 is 30.6 Å². The van der Waals surface area contributed by atoms with Gasteiger partial charge in [-0.25, -0.2) is 9.59 Å². The third kappa shape index (κ3) is 5.43. The van der Waals surface area contributed by atoms with Gasteiger partial charge >= 0.3 is 24.6 Å². The lowest BCUT2D eigenvalue weighted by Crippen LogP contribution is -2.48. The molecule has 10 heteroatoms. The van der Waals surface area contributed by atoms with Crippen LogP contribution in [-0.2, 0) is 14.3 Å². The zero-order chi connectivity index (χ0) is 21.6. The van der Waals surface area contributed by atoms with E-state index in [1.165, 1.54) is 30.0 Å². The molecular weight excluding hydrogens is 390 g/mol. The van der Waals surface area contributed by atoms with Crippen molar-refractivity contribution in [1.82, 2.24) is 10.2 Å². The molecule has 158 valence electrons. The Balaban J connectivity index is 2.47. The van der Waals surface area contributed by atoms with Gasteiger partial charge < -0.3 is 19.9 Å². The summed E-state index contributed by atoms with van der Waals surface area (Å²) in [5.74, 6) is -1.91. The fourth-order valence-electron chi connectivity index (χ4n) is 3.07. The van der Waals surface area contributed by atoms with Crippen LogP contribution >= 0.6 is 0 Å². The van der Waals surface area contributed by atoms with Crippen molar-refractivity contribution in [2.24, 2.45) is 0 Å². The number of halogens is 2. The Hall–Kier alpha value is -3.17. The largest absolute Gasteiger partial charge is 0.481 e. The van der Waals surface area contributed by atoms with Crippen LogP contribution in [0.2, 0.25) is 0 Å². The van der Waals surface area contributed by atoms with Gasteiger partial charge in [-0.2, -0.15) is 8.78 Å². The summed E-state index contributed by atoms with van der Waals surface area (Å²) in [4.78, 5) is 37.2. The van der Waals surface area contributed by atoms with E-state index in [0.29, 0.717) is 0 Å². The van der Waals surface area contributed by atoms with Crippen LogP contribution in [0.3, 0.4) is 0 Å². The van der Waals surface area contributed by atoms with Crippen molar-refractivity contribution in [3.8, 4) is 5.75 Å². The number of nitrogens with zero attached hydrogens (tertiary/aromatic N) is 1. The number of rotatable bonds is 9. The molecule has 1 aliphatic rings. The van der Waals surface area contributed by atoms with Gasteiger partial charge in [0.1, 0.15) is 5.75 Å². The van der Waals surface area contributed by atoms with Crippen LogP contribution in [0.15, 0.2) is 35.5 Å². The number of alkyl halides is 2. The van der Waals surface area contributed by atoms with Gasteiger partial charge in [-0.1, -0.05) is 18.2 Å². The number of nitrogens with one attached hydrogen (secondary N) is 1. The number of benzene rings is 1. The molecule has 2 rings (SSSR count). The maximum Gasteiger partial charge on any atom is 0.387 e. The Labute approximate surface area is 166 Å². The maximum absolute atomic E-state index is 12.8. The van der Waals surface area contributed by atoms with E-state index in [9.17, 15) is 23.2 Å². The molecule has 1 aromatic rings. The second kappa shape index (κ2) is 9.85. The van der Waals surface area contributed by atoms with E-state index in [2.05, 4.69) is 10.1 Å². The molecule has 0 unspecified atom stereocenters. The first kappa shape index (κ1) is 22.1. The molecule has 1 aromatic carbocycles. The van der Waals surface area contributed by atoms with Gasteiger partial charge in [-0.3, -0.25) is 9.69 Å². The average molecular weight is 412 g/mol. The number of carboxylic acid groups (broad SMARTS) is 1. The molecule has 0 saturated heterocycles. The zero-order valence-electron chi connectivity index (χ0n) is 16.0. The lowest BCUT2D eigenvalue weighted by atomic mass is 9.94. The summed E-state index contributed by atoms with van der Waals surface area (Å²) < 4.78 is 35.2. The van der Waals surface area contributed by atoms with Gasteiger partial charge in [0.25, 0.3) is 0 Å². The Morgan fingerprint density at radius 2 is 2.00 bits per heavy atom. The summed E-state index contributed by atoms with van der Waals surface area (Å²) in [5.41, 5.74) is 0.496. The molecule has 0 fully saturated rings. The van der Waals surface area contributed by atoms with Crippen LogP contribution < -0.4 is 10.1 Å². The SMILES string of the molecule is CCOC(=O)C1=C(C)N(CCCC(=O)O)C(=O)N[C@@H]1c1ccccc1OC(F)F. The smallest absolute Gasteiger partial charge is 0.387 e. The summed E-state index contributed by atoms with van der Waals surface area (Å²) in [6, 6.07) is 4.19. The fourth-order valence-corrected chi connectivity index (χ4v) is 3.07. The van der Waals surface area contributed by atoms with Crippen molar-refractivity contribution in [1.29, 1.82) is 0 Å². The number of urea groups is 1. The second-order valence-electron chi connectivity index (χ2n) is 6.17. The summed E-state index contributed by atoms with van der Waals surface area (Å²) in [6.07, 6.45) is 0.0201. The Morgan fingerprint density at radius 3 is 2.62 bits per heavy atom. The lowest BCUT2D eigenvalue weighted by Gasteiger charge is -2.35. The minimum absolute atomic E-state index is 0.0621. The third-order valence-corrected chi connectivity index (χ3v) is 4.31. The van der Waals surface area contributed by atoms with Crippen molar-refractivity contribution < 1.29 is 37.7 Å². The first-order valence-corrected chi connectivity index (χ1v) is 8.97. The number of carboxylic acids is 1. The Kier molecular flexibility index (Phi) is 7.52. The van der Waals surface area contributed by atoms with E-state index in [0.717, 1.165) is 0 Å². The number of esters is 1. The van der Waals surface area contributed by atoms with Crippen LogP contribution in [0.4, 0.5) is 13.6 Å². The predicted octanol–water partition coefficient (Wildman–Crippen LogP) is 3.06. The summed E-state index contributed by atoms with van der Waals surface area (Å²) in [5, 5.41) is 11.4. The highest BCUT2D eigenvalue weighted by molar-refractivity contribution is 5.95. The second-order valence-corrected chi connectivity index (χ2v) is 6.17. The van der Waals surface area contributed by atoms with Crippen molar-refractivity contribution in [3.05, 3.63) is 41.1 Å². The first-order valence-electron chi connectivity index (χ1n) is 8.97. The maximum atomic E-state index is 12.8. The molecule has 1 heterocycles. The van der Waals surface area contributed by atoms with Gasteiger partial charge in [-0.05, 0) is 26.3 Å². The first-order chi connectivity index (χ1) is 13.8. The monoisotopic (exact) mass is 412 g/mol. The van der Waals surface area contributed by atoms with Crippen LogP contribution in [0, 0.1) is 0 Å². The quantitative estimate of drug-likeness (QED) is 0.604. The average Bonchev–Trinajstić information content (AvgIpc) is 2.63. The van der Waals surface area contributed by atoms with Crippen LogP contribution in [0.1, 0.15) is 38.3 Å². The molecule has 0 aliphatic carbocycles. The molecule has 29 heavy (non-hydrogen) atoms. The third-order valence-electron chi connectivity index (χ3n) is 4.31. The predicted molar refractivity (Wildman–Crippen MR) is 97.3 cm³/mol. The van der Waals surface area contributed by atoms with E-state index in [4.69, 9.17) is 9.84 Å². The molecule has 0 spiro atoms. The Morgan fingerprint density at radius 1 is 1.31 bits per heavy atom. The fraction of sp³-hybridized carbons (Fsp3) is 0.421. The minimum atomic E-state index is -3.08. The van der Waals surface area contributed by atoms with E-state index >= 15 is 0 Å². The van der Waals surface area contributed by atoms with Gasteiger partial charge in [0.05, 0.1) is 18.2 Å². The summed E-state index contributed by atoms with van der Waals surface area (Å²) in [7, 11) is 0. The number of carbonyl (C=O) groups is 3. The number of aliphatic carboxylic acids is 1. The van der Waals surface area contributed by atoms with Crippen molar-refractivity contribution in [2.45, 2.75) is 39.3 Å². The Bertz CT molecular complexity index is 812. The van der Waals surface area contributed by atoms with Crippen molar-refractivity contribution in [3.63, 3.8) is 0 Å². The van der Waals surface area contributed by atoms with Gasteiger partial charge in [0.2, 0.25) is 0 Å². The molecule has 1 aliphatic heterocycles. The summed E-state index contributed by atoms with van der Waals surface area (Å²) in [6.45, 7) is 0.191. The van der Waals surface area contributed by atoms with E-state index in [1.54, 1.807) is 13.0 Å². The standard InChI is InChI=1S/C19H22F2N2O6/c1-3-28-17(26)15-11(2)23(10-6-9-14(24)25)19(27)22-16(15)12-7-4-5-8-13(12)29-18(20)21/h4-5,7-8,16,18H,3,6,9-10H2,1-2H3,(H,22,27)(H,24,25)/t16-/m1/s1. The number of hydrogen-bond donors (Lipinski definition) is 2. The van der Waals surface area contributed by atoms with E-state index in [-0.39, 0.29) is 48.6 Å². The molecule has 0 aromatic heterocycles. The van der Waals surface area contributed by atoms with Crippen LogP contribution in [0.5, 0.6) is 5.75 Å². The van der Waals surface area contributed by atoms with Crippen molar-refractivity contribution in [2.75, 3.05) is 13.2 Å². The molecule has 0 radical (unpaired) electrons. The van der Waals surface area contributed by atoms with Crippen LogP contribution in [-0.4, -0.2) is 47.7 Å². The molecule has 2 amide bonds. The van der Waals surface area contributed by atoms with Gasteiger partial charge in [0, 0.05) is 24.2 Å². The topological polar surface area (TPSA) is 105 Å². The highest BCUT2D eigenvalue weighted by atomic mass is 19.3. The number of allylic oxidation sites excluding steroid dienone is 1. The zero-order valence-corrected chi connectivity index (χ0v) is 16.0. The molecular formula is C19H22F2N2O6. The molecule has 8 nitrogen and oxygen atoms in total.